The number of rotatable bonds is 3. The van der Waals surface area contributed by atoms with Crippen LogP contribution in [-0.4, -0.2) is 35.1 Å². The lowest BCUT2D eigenvalue weighted by atomic mass is 9.87. The molecular formula is C18H24FNO2. The Labute approximate surface area is 131 Å². The molecule has 1 N–H and O–H groups in total. The molecule has 3 rings (SSSR count). The minimum atomic E-state index is -0.656. The van der Waals surface area contributed by atoms with Gasteiger partial charge in [-0.3, -0.25) is 4.79 Å². The van der Waals surface area contributed by atoms with E-state index >= 15 is 0 Å². The molecule has 120 valence electrons. The highest BCUT2D eigenvalue weighted by molar-refractivity contribution is 5.74. The summed E-state index contributed by atoms with van der Waals surface area (Å²) in [4.78, 5) is 13.8. The summed E-state index contributed by atoms with van der Waals surface area (Å²) < 4.78 is 13.0. The first-order chi connectivity index (χ1) is 10.5. The summed E-state index contributed by atoms with van der Waals surface area (Å²) in [6.45, 7) is 3.91. The van der Waals surface area contributed by atoms with Crippen LogP contribution < -0.4 is 0 Å². The molecule has 1 saturated heterocycles. The molecule has 1 aromatic carbocycles. The normalized spacial score (nSPS) is 30.5. The summed E-state index contributed by atoms with van der Waals surface area (Å²) in [6, 6.07) is 7.28. The Bertz CT molecular complexity index is 537. The lowest BCUT2D eigenvalue weighted by molar-refractivity contribution is -0.147. The van der Waals surface area contributed by atoms with E-state index in [4.69, 9.17) is 0 Å². The molecule has 0 amide bonds. The highest BCUT2D eigenvalue weighted by atomic mass is 19.1. The number of hydrogen-bond acceptors (Lipinski definition) is 2. The van der Waals surface area contributed by atoms with E-state index in [9.17, 15) is 14.3 Å². The number of carbonyl (C=O) groups is 1. The van der Waals surface area contributed by atoms with Gasteiger partial charge in [0.2, 0.25) is 0 Å². The van der Waals surface area contributed by atoms with Gasteiger partial charge in [0.1, 0.15) is 5.82 Å². The van der Waals surface area contributed by atoms with Crippen LogP contribution >= 0.6 is 0 Å². The van der Waals surface area contributed by atoms with Crippen molar-refractivity contribution in [3.8, 4) is 0 Å². The quantitative estimate of drug-likeness (QED) is 0.926. The van der Waals surface area contributed by atoms with E-state index < -0.39 is 11.4 Å². The number of aliphatic carboxylic acids is 1. The molecule has 0 unspecified atom stereocenters. The molecule has 4 heteroatoms. The van der Waals surface area contributed by atoms with Crippen molar-refractivity contribution < 1.29 is 14.3 Å². The number of likely N-dealkylation sites (tertiary alicyclic amines) is 1. The lowest BCUT2D eigenvalue weighted by Gasteiger charge is -2.36. The van der Waals surface area contributed by atoms with Crippen LogP contribution in [0.2, 0.25) is 0 Å². The Hall–Kier alpha value is -1.42. The number of nitrogens with zero attached hydrogens (tertiary/aromatic N) is 1. The van der Waals surface area contributed by atoms with Gasteiger partial charge in [-0.2, -0.15) is 0 Å². The first-order valence-corrected chi connectivity index (χ1v) is 8.21. The number of benzene rings is 1. The molecule has 0 radical (unpaired) electrons. The summed E-state index contributed by atoms with van der Waals surface area (Å²) in [5, 5.41) is 9.35. The maximum absolute atomic E-state index is 13.0. The number of hydrogen-bond donors (Lipinski definition) is 1. The molecule has 2 fully saturated rings. The molecule has 0 spiro atoms. The van der Waals surface area contributed by atoms with Crippen LogP contribution in [0, 0.1) is 11.2 Å². The summed E-state index contributed by atoms with van der Waals surface area (Å²) in [7, 11) is 0. The summed E-state index contributed by atoms with van der Waals surface area (Å²) >= 11 is 0. The lowest BCUT2D eigenvalue weighted by Crippen LogP contribution is -2.40. The number of carboxylic acid groups (broad SMARTS) is 1. The fourth-order valence-corrected chi connectivity index (χ4v) is 4.05. The average molecular weight is 305 g/mol. The minimum Gasteiger partial charge on any atom is -0.481 e. The predicted octanol–water partition coefficient (Wildman–Crippen LogP) is 3.65. The van der Waals surface area contributed by atoms with Gasteiger partial charge in [-0.05, 0) is 75.7 Å². The third-order valence-corrected chi connectivity index (χ3v) is 5.62. The van der Waals surface area contributed by atoms with Crippen LogP contribution in [0.15, 0.2) is 24.3 Å². The van der Waals surface area contributed by atoms with Crippen LogP contribution in [0.1, 0.15) is 50.5 Å². The number of halogens is 1. The van der Waals surface area contributed by atoms with Crippen molar-refractivity contribution in [3.63, 3.8) is 0 Å². The highest BCUT2D eigenvalue weighted by Crippen LogP contribution is 2.41. The van der Waals surface area contributed by atoms with Crippen molar-refractivity contribution in [3.05, 3.63) is 35.6 Å². The van der Waals surface area contributed by atoms with Crippen LogP contribution in [0.4, 0.5) is 4.39 Å². The van der Waals surface area contributed by atoms with E-state index in [-0.39, 0.29) is 5.82 Å². The van der Waals surface area contributed by atoms with Crippen molar-refractivity contribution in [1.82, 2.24) is 4.90 Å². The second-order valence-corrected chi connectivity index (χ2v) is 7.12. The average Bonchev–Trinajstić information content (AvgIpc) is 2.92. The predicted molar refractivity (Wildman–Crippen MR) is 83.3 cm³/mol. The van der Waals surface area contributed by atoms with Crippen LogP contribution in [0.3, 0.4) is 0 Å². The van der Waals surface area contributed by atoms with Gasteiger partial charge >= 0.3 is 5.97 Å². The van der Waals surface area contributed by atoms with Crippen molar-refractivity contribution in [2.45, 2.75) is 51.0 Å². The van der Waals surface area contributed by atoms with Gasteiger partial charge in [-0.15, -0.1) is 0 Å². The molecule has 2 aliphatic rings. The van der Waals surface area contributed by atoms with Crippen molar-refractivity contribution in [2.24, 2.45) is 5.41 Å². The van der Waals surface area contributed by atoms with Gasteiger partial charge in [0.05, 0.1) is 5.41 Å². The third-order valence-electron chi connectivity index (χ3n) is 5.62. The van der Waals surface area contributed by atoms with Gasteiger partial charge in [-0.1, -0.05) is 12.1 Å². The van der Waals surface area contributed by atoms with Crippen LogP contribution in [-0.2, 0) is 4.79 Å². The SMILES string of the molecule is C[C@]1(C(=O)O)CC[C@@H](N2CCC(c3ccc(F)cc3)CC2)C1. The molecule has 0 bridgehead atoms. The van der Waals surface area contributed by atoms with Gasteiger partial charge in [0.15, 0.2) is 0 Å². The maximum atomic E-state index is 13.0. The molecule has 3 nitrogen and oxygen atoms in total. The Morgan fingerprint density at radius 3 is 2.41 bits per heavy atom. The molecule has 1 heterocycles. The van der Waals surface area contributed by atoms with E-state index in [0.29, 0.717) is 12.0 Å². The van der Waals surface area contributed by atoms with E-state index in [1.165, 1.54) is 17.7 Å². The van der Waals surface area contributed by atoms with Gasteiger partial charge in [0.25, 0.3) is 0 Å². The van der Waals surface area contributed by atoms with Gasteiger partial charge < -0.3 is 10.0 Å². The Kier molecular flexibility index (Phi) is 4.22. The topological polar surface area (TPSA) is 40.5 Å². The molecule has 0 aromatic heterocycles. The molecule has 1 aliphatic carbocycles. The van der Waals surface area contributed by atoms with Gasteiger partial charge in [0, 0.05) is 6.04 Å². The third kappa shape index (κ3) is 3.02. The molecule has 1 saturated carbocycles. The molecule has 22 heavy (non-hydrogen) atoms. The monoisotopic (exact) mass is 305 g/mol. The summed E-state index contributed by atoms with van der Waals surface area (Å²) in [5.74, 6) is -0.333. The fourth-order valence-electron chi connectivity index (χ4n) is 4.05. The molecule has 1 aliphatic heterocycles. The van der Waals surface area contributed by atoms with Crippen molar-refractivity contribution >= 4 is 5.97 Å². The van der Waals surface area contributed by atoms with E-state index in [0.717, 1.165) is 45.2 Å². The molecule has 1 aromatic rings. The second-order valence-electron chi connectivity index (χ2n) is 7.12. The first kappa shape index (κ1) is 15.5. The molecule has 2 atom stereocenters. The first-order valence-electron chi connectivity index (χ1n) is 8.21. The zero-order chi connectivity index (χ0) is 15.7. The van der Waals surface area contributed by atoms with E-state index in [1.807, 2.05) is 19.1 Å². The minimum absolute atomic E-state index is 0.180. The van der Waals surface area contributed by atoms with Crippen molar-refractivity contribution in [1.29, 1.82) is 0 Å². The Morgan fingerprint density at radius 1 is 1.23 bits per heavy atom. The Balaban J connectivity index is 1.56. The smallest absolute Gasteiger partial charge is 0.309 e. The molecular weight excluding hydrogens is 281 g/mol. The van der Waals surface area contributed by atoms with Crippen molar-refractivity contribution in [2.75, 3.05) is 13.1 Å². The van der Waals surface area contributed by atoms with E-state index in [2.05, 4.69) is 4.90 Å². The van der Waals surface area contributed by atoms with E-state index in [1.54, 1.807) is 0 Å². The van der Waals surface area contributed by atoms with Gasteiger partial charge in [-0.25, -0.2) is 4.39 Å². The summed E-state index contributed by atoms with van der Waals surface area (Å²) in [5.41, 5.74) is 0.682. The number of carboxylic acids is 1. The highest BCUT2D eigenvalue weighted by Gasteiger charge is 2.43. The Morgan fingerprint density at radius 2 is 1.86 bits per heavy atom. The summed E-state index contributed by atoms with van der Waals surface area (Å²) in [6.07, 6.45) is 4.69. The largest absolute Gasteiger partial charge is 0.481 e. The zero-order valence-electron chi connectivity index (χ0n) is 13.1. The number of piperidine rings is 1. The maximum Gasteiger partial charge on any atom is 0.309 e. The fraction of sp³-hybridized carbons (Fsp3) is 0.611. The standard InChI is InChI=1S/C18H24FNO2/c1-18(17(21)22)9-6-16(12-18)20-10-7-14(8-11-20)13-2-4-15(19)5-3-13/h2-5,14,16H,6-12H2,1H3,(H,21,22)/t16-,18+/m1/s1. The second kappa shape index (κ2) is 5.99. The van der Waals surface area contributed by atoms with Crippen LogP contribution in [0.5, 0.6) is 0 Å². The van der Waals surface area contributed by atoms with Crippen LogP contribution in [0.25, 0.3) is 0 Å². The zero-order valence-corrected chi connectivity index (χ0v) is 13.1.